The molecule has 2 saturated heterocycles. The van der Waals surface area contributed by atoms with Crippen molar-refractivity contribution in [2.75, 3.05) is 31.6 Å². The summed E-state index contributed by atoms with van der Waals surface area (Å²) < 4.78 is 0. The van der Waals surface area contributed by atoms with Gasteiger partial charge in [-0.1, -0.05) is 67.3 Å². The van der Waals surface area contributed by atoms with Crippen LogP contribution in [0.4, 0.5) is 5.95 Å². The number of aryl methyl sites for hydroxylation is 3. The maximum absolute atomic E-state index is 14.0. The van der Waals surface area contributed by atoms with Crippen LogP contribution < -0.4 is 4.90 Å². The molecule has 3 fully saturated rings. The monoisotopic (exact) mass is 599 g/mol. The fraction of sp³-hybridized carbons (Fsp3) is 0.528. The number of piperidine rings is 1. The van der Waals surface area contributed by atoms with Crippen molar-refractivity contribution in [2.45, 2.75) is 95.7 Å². The molecule has 7 heteroatoms. The zero-order valence-electron chi connectivity index (χ0n) is 25.8. The molecule has 0 unspecified atom stereocenters. The minimum Gasteiger partial charge on any atom is -0.338 e. The van der Waals surface area contributed by atoms with E-state index in [9.17, 15) is 4.79 Å². The van der Waals surface area contributed by atoms with Crippen LogP contribution in [0.1, 0.15) is 96.6 Å². The standard InChI is InChI=1S/C36H46ClN5O/c1-26-9-6-7-10-27(26)16-19-33-32(35(43)41-23-20-31(21-24-41)40(2)30-11-4-3-5-12-30)25-38-36(39-33)42-22-8-13-34(42)28-14-17-29(37)18-15-28/h6-7,9-10,14-15,17-18,25,30-31,34H,3-5,8,11-13,16,19-24H2,1-2H3/t34-/m1/s1. The summed E-state index contributed by atoms with van der Waals surface area (Å²) in [6.45, 7) is 4.65. The summed E-state index contributed by atoms with van der Waals surface area (Å²) in [5.41, 5.74) is 5.33. The Kier molecular flexibility index (Phi) is 9.64. The molecular weight excluding hydrogens is 554 g/mol. The third kappa shape index (κ3) is 6.91. The fourth-order valence-corrected chi connectivity index (χ4v) is 7.65. The minimum absolute atomic E-state index is 0.0841. The average Bonchev–Trinajstić information content (AvgIpc) is 3.55. The topological polar surface area (TPSA) is 52.6 Å². The van der Waals surface area contributed by atoms with E-state index in [4.69, 9.17) is 21.6 Å². The smallest absolute Gasteiger partial charge is 0.257 e. The lowest BCUT2D eigenvalue weighted by Gasteiger charge is -2.41. The molecule has 228 valence electrons. The van der Waals surface area contributed by atoms with Crippen molar-refractivity contribution >= 4 is 23.5 Å². The lowest BCUT2D eigenvalue weighted by atomic mass is 9.91. The summed E-state index contributed by atoms with van der Waals surface area (Å²) in [6.07, 6.45) is 14.3. The quantitative estimate of drug-likeness (QED) is 0.269. The van der Waals surface area contributed by atoms with Gasteiger partial charge in [0, 0.05) is 42.9 Å². The first-order valence-corrected chi connectivity index (χ1v) is 16.8. The Hall–Kier alpha value is -2.96. The van der Waals surface area contributed by atoms with E-state index < -0.39 is 0 Å². The number of halogens is 1. The van der Waals surface area contributed by atoms with Gasteiger partial charge in [-0.25, -0.2) is 9.97 Å². The van der Waals surface area contributed by atoms with Crippen molar-refractivity contribution in [3.05, 3.63) is 87.7 Å². The maximum atomic E-state index is 14.0. The van der Waals surface area contributed by atoms with Crippen LogP contribution in [-0.4, -0.2) is 64.4 Å². The number of anilines is 1. The van der Waals surface area contributed by atoms with Crippen LogP contribution in [0.2, 0.25) is 5.02 Å². The number of likely N-dealkylation sites (tertiary alicyclic amines) is 1. The van der Waals surface area contributed by atoms with E-state index in [1.807, 2.05) is 23.2 Å². The molecule has 1 aromatic heterocycles. The highest BCUT2D eigenvalue weighted by atomic mass is 35.5. The first-order valence-electron chi connectivity index (χ1n) is 16.4. The van der Waals surface area contributed by atoms with Gasteiger partial charge in [-0.2, -0.15) is 0 Å². The van der Waals surface area contributed by atoms with Crippen molar-refractivity contribution in [1.29, 1.82) is 0 Å². The summed E-state index contributed by atoms with van der Waals surface area (Å²) in [5, 5.41) is 0.746. The van der Waals surface area contributed by atoms with Crippen LogP contribution in [0, 0.1) is 6.92 Å². The summed E-state index contributed by atoms with van der Waals surface area (Å²) >= 11 is 6.18. The highest BCUT2D eigenvalue weighted by Crippen LogP contribution is 2.35. The van der Waals surface area contributed by atoms with Gasteiger partial charge in [-0.05, 0) is 94.2 Å². The number of carbonyl (C=O) groups is 1. The van der Waals surface area contributed by atoms with E-state index >= 15 is 0 Å². The molecule has 3 heterocycles. The highest BCUT2D eigenvalue weighted by molar-refractivity contribution is 6.30. The molecule has 0 N–H and O–H groups in total. The van der Waals surface area contributed by atoms with Crippen molar-refractivity contribution in [2.24, 2.45) is 0 Å². The highest BCUT2D eigenvalue weighted by Gasteiger charge is 2.32. The zero-order chi connectivity index (χ0) is 29.8. The molecule has 1 saturated carbocycles. The molecule has 2 aliphatic heterocycles. The molecule has 0 bridgehead atoms. The Morgan fingerprint density at radius 1 is 0.884 bits per heavy atom. The molecule has 1 aliphatic carbocycles. The minimum atomic E-state index is 0.0841. The summed E-state index contributed by atoms with van der Waals surface area (Å²) in [4.78, 5) is 31.0. The van der Waals surface area contributed by atoms with Crippen LogP contribution in [-0.2, 0) is 12.8 Å². The predicted molar refractivity (Wildman–Crippen MR) is 175 cm³/mol. The van der Waals surface area contributed by atoms with E-state index in [-0.39, 0.29) is 11.9 Å². The van der Waals surface area contributed by atoms with Crippen LogP contribution in [0.3, 0.4) is 0 Å². The molecule has 43 heavy (non-hydrogen) atoms. The van der Waals surface area contributed by atoms with Crippen LogP contribution in [0.5, 0.6) is 0 Å². The Morgan fingerprint density at radius 2 is 1.60 bits per heavy atom. The molecule has 0 radical (unpaired) electrons. The predicted octanol–water partition coefficient (Wildman–Crippen LogP) is 7.43. The number of hydrogen-bond donors (Lipinski definition) is 0. The van der Waals surface area contributed by atoms with Gasteiger partial charge in [0.15, 0.2) is 0 Å². The second-order valence-corrected chi connectivity index (χ2v) is 13.3. The van der Waals surface area contributed by atoms with E-state index in [0.29, 0.717) is 24.1 Å². The second-order valence-electron chi connectivity index (χ2n) is 12.8. The third-order valence-electron chi connectivity index (χ3n) is 10.2. The zero-order valence-corrected chi connectivity index (χ0v) is 26.6. The number of amides is 1. The molecule has 6 rings (SSSR count). The van der Waals surface area contributed by atoms with Gasteiger partial charge in [-0.15, -0.1) is 0 Å². The number of nitrogens with zero attached hydrogens (tertiary/aromatic N) is 5. The molecule has 6 nitrogen and oxygen atoms in total. The Balaban J connectivity index is 1.21. The average molecular weight is 600 g/mol. The lowest BCUT2D eigenvalue weighted by Crippen LogP contribution is -2.49. The van der Waals surface area contributed by atoms with Crippen molar-refractivity contribution in [3.63, 3.8) is 0 Å². The largest absolute Gasteiger partial charge is 0.338 e. The summed E-state index contributed by atoms with van der Waals surface area (Å²) in [5.74, 6) is 0.808. The van der Waals surface area contributed by atoms with Gasteiger partial charge in [0.25, 0.3) is 5.91 Å². The first kappa shape index (κ1) is 30.1. The van der Waals surface area contributed by atoms with Gasteiger partial charge in [0.2, 0.25) is 5.95 Å². The van der Waals surface area contributed by atoms with Crippen LogP contribution >= 0.6 is 11.6 Å². The summed E-state index contributed by atoms with van der Waals surface area (Å²) in [7, 11) is 2.31. The number of aromatic nitrogens is 2. The molecular formula is C36H46ClN5O. The molecule has 2 aromatic carbocycles. The van der Waals surface area contributed by atoms with Gasteiger partial charge < -0.3 is 14.7 Å². The molecule has 1 amide bonds. The maximum Gasteiger partial charge on any atom is 0.257 e. The Labute approximate surface area is 262 Å². The van der Waals surface area contributed by atoms with Crippen molar-refractivity contribution in [3.8, 4) is 0 Å². The summed E-state index contributed by atoms with van der Waals surface area (Å²) in [6, 6.07) is 18.1. The normalized spacial score (nSPS) is 20.2. The van der Waals surface area contributed by atoms with E-state index in [2.05, 4.69) is 60.2 Å². The molecule has 1 atom stereocenters. The number of rotatable bonds is 8. The fourth-order valence-electron chi connectivity index (χ4n) is 7.53. The van der Waals surface area contributed by atoms with Crippen LogP contribution in [0.15, 0.2) is 54.7 Å². The van der Waals surface area contributed by atoms with Gasteiger partial charge in [0.05, 0.1) is 17.3 Å². The SMILES string of the molecule is Cc1ccccc1CCc1nc(N2CCC[C@@H]2c2ccc(Cl)cc2)ncc1C(=O)N1CCC(N(C)C2CCCCC2)CC1. The third-order valence-corrected chi connectivity index (χ3v) is 10.5. The van der Waals surface area contributed by atoms with Crippen molar-refractivity contribution in [1.82, 2.24) is 19.8 Å². The number of carbonyl (C=O) groups excluding carboxylic acids is 1. The van der Waals surface area contributed by atoms with Crippen LogP contribution in [0.25, 0.3) is 0 Å². The molecule has 3 aliphatic rings. The molecule has 0 spiro atoms. The van der Waals surface area contributed by atoms with Gasteiger partial charge >= 0.3 is 0 Å². The first-order chi connectivity index (χ1) is 21.0. The number of benzene rings is 2. The van der Waals surface area contributed by atoms with Gasteiger partial charge in [-0.3, -0.25) is 4.79 Å². The molecule has 3 aromatic rings. The van der Waals surface area contributed by atoms with Gasteiger partial charge in [0.1, 0.15) is 0 Å². The van der Waals surface area contributed by atoms with Crippen molar-refractivity contribution < 1.29 is 4.79 Å². The second kappa shape index (κ2) is 13.8. The van der Waals surface area contributed by atoms with E-state index in [0.717, 1.165) is 68.4 Å². The van der Waals surface area contributed by atoms with E-state index in [1.54, 1.807) is 0 Å². The van der Waals surface area contributed by atoms with E-state index in [1.165, 1.54) is 48.8 Å². The number of hydrogen-bond acceptors (Lipinski definition) is 5. The lowest BCUT2D eigenvalue weighted by molar-refractivity contribution is 0.0557. The Bertz CT molecular complexity index is 1380. The Morgan fingerprint density at radius 3 is 2.35 bits per heavy atom.